The zero-order valence-electron chi connectivity index (χ0n) is 15.6. The monoisotopic (exact) mass is 379 g/mol. The molecule has 0 aromatic heterocycles. The zero-order chi connectivity index (χ0) is 18.8. The van der Waals surface area contributed by atoms with Crippen LogP contribution in [0, 0.1) is 5.92 Å². The summed E-state index contributed by atoms with van der Waals surface area (Å²) < 4.78 is 29.2. The van der Waals surface area contributed by atoms with Crippen molar-refractivity contribution in [1.82, 2.24) is 13.9 Å². The van der Waals surface area contributed by atoms with Crippen molar-refractivity contribution in [3.8, 4) is 0 Å². The Bertz CT molecular complexity index is 720. The van der Waals surface area contributed by atoms with Gasteiger partial charge in [0.2, 0.25) is 5.91 Å². The SMILES string of the molecule is CC(=O)NC1(c2ccccc2)CCN(S(=O)(=O)N2CCC(C)CC2)CC1. The third-order valence-corrected chi connectivity index (χ3v) is 7.75. The molecule has 6 nitrogen and oxygen atoms in total. The van der Waals surface area contributed by atoms with Gasteiger partial charge in [-0.2, -0.15) is 17.0 Å². The first kappa shape index (κ1) is 19.3. The van der Waals surface area contributed by atoms with Crippen molar-refractivity contribution >= 4 is 16.1 Å². The molecule has 7 heteroatoms. The quantitative estimate of drug-likeness (QED) is 0.871. The highest BCUT2D eigenvalue weighted by Crippen LogP contribution is 2.34. The van der Waals surface area contributed by atoms with Gasteiger partial charge in [0.15, 0.2) is 0 Å². The Balaban J connectivity index is 1.74. The molecule has 1 N–H and O–H groups in total. The second-order valence-corrected chi connectivity index (χ2v) is 9.55. The summed E-state index contributed by atoms with van der Waals surface area (Å²) in [5, 5.41) is 3.09. The second kappa shape index (κ2) is 7.66. The van der Waals surface area contributed by atoms with Gasteiger partial charge in [0, 0.05) is 33.1 Å². The predicted molar refractivity (Wildman–Crippen MR) is 102 cm³/mol. The van der Waals surface area contributed by atoms with Gasteiger partial charge in [-0.1, -0.05) is 37.3 Å². The molecule has 2 aliphatic rings. The normalized spacial score (nSPS) is 22.8. The molecule has 2 fully saturated rings. The molecule has 26 heavy (non-hydrogen) atoms. The van der Waals surface area contributed by atoms with Crippen LogP contribution in [-0.4, -0.2) is 49.1 Å². The number of nitrogens with zero attached hydrogens (tertiary/aromatic N) is 2. The Morgan fingerprint density at radius 2 is 1.58 bits per heavy atom. The Labute approximate surface area is 156 Å². The first-order valence-corrected chi connectivity index (χ1v) is 10.8. The van der Waals surface area contributed by atoms with Gasteiger partial charge < -0.3 is 5.32 Å². The summed E-state index contributed by atoms with van der Waals surface area (Å²) >= 11 is 0. The Kier molecular flexibility index (Phi) is 5.69. The number of carbonyl (C=O) groups is 1. The number of hydrogen-bond donors (Lipinski definition) is 1. The third kappa shape index (κ3) is 3.94. The van der Waals surface area contributed by atoms with Crippen molar-refractivity contribution in [2.45, 2.75) is 45.1 Å². The van der Waals surface area contributed by atoms with E-state index in [1.54, 1.807) is 8.61 Å². The summed E-state index contributed by atoms with van der Waals surface area (Å²) in [4.78, 5) is 11.8. The van der Waals surface area contributed by atoms with E-state index in [0.29, 0.717) is 44.9 Å². The van der Waals surface area contributed by atoms with E-state index in [0.717, 1.165) is 18.4 Å². The average Bonchev–Trinajstić information content (AvgIpc) is 2.63. The summed E-state index contributed by atoms with van der Waals surface area (Å²) in [6.07, 6.45) is 3.01. The number of benzene rings is 1. The van der Waals surface area contributed by atoms with Crippen molar-refractivity contribution in [3.63, 3.8) is 0 Å². The highest BCUT2D eigenvalue weighted by atomic mass is 32.2. The van der Waals surface area contributed by atoms with Crippen molar-refractivity contribution in [2.75, 3.05) is 26.2 Å². The van der Waals surface area contributed by atoms with Gasteiger partial charge in [0.25, 0.3) is 10.2 Å². The molecule has 0 atom stereocenters. The van der Waals surface area contributed by atoms with Crippen molar-refractivity contribution < 1.29 is 13.2 Å². The molecule has 2 saturated heterocycles. The smallest absolute Gasteiger partial charge is 0.281 e. The number of nitrogens with one attached hydrogen (secondary N) is 1. The van der Waals surface area contributed by atoms with Crippen molar-refractivity contribution in [3.05, 3.63) is 35.9 Å². The van der Waals surface area contributed by atoms with E-state index in [-0.39, 0.29) is 5.91 Å². The minimum absolute atomic E-state index is 0.0878. The molecular formula is C19H29N3O3S. The zero-order valence-corrected chi connectivity index (χ0v) is 16.5. The van der Waals surface area contributed by atoms with Gasteiger partial charge in [-0.05, 0) is 37.2 Å². The second-order valence-electron chi connectivity index (χ2n) is 7.62. The van der Waals surface area contributed by atoms with E-state index in [4.69, 9.17) is 0 Å². The highest BCUT2D eigenvalue weighted by Gasteiger charge is 2.41. The summed E-state index contributed by atoms with van der Waals surface area (Å²) in [7, 11) is -3.42. The largest absolute Gasteiger partial charge is 0.347 e. The number of hydrogen-bond acceptors (Lipinski definition) is 3. The van der Waals surface area contributed by atoms with Gasteiger partial charge in [0.1, 0.15) is 0 Å². The van der Waals surface area contributed by atoms with E-state index in [1.165, 1.54) is 6.92 Å². The number of carbonyl (C=O) groups excluding carboxylic acids is 1. The molecule has 0 saturated carbocycles. The Morgan fingerprint density at radius 3 is 2.12 bits per heavy atom. The fourth-order valence-corrected chi connectivity index (χ4v) is 5.70. The molecule has 144 valence electrons. The molecule has 0 radical (unpaired) electrons. The minimum atomic E-state index is -3.42. The van der Waals surface area contributed by atoms with Crippen LogP contribution >= 0.6 is 0 Å². The molecule has 0 bridgehead atoms. The summed E-state index contributed by atoms with van der Waals surface area (Å²) in [5.74, 6) is 0.503. The van der Waals surface area contributed by atoms with Crippen LogP contribution in [0.2, 0.25) is 0 Å². The first-order valence-electron chi connectivity index (χ1n) is 9.43. The van der Waals surface area contributed by atoms with Crippen LogP contribution in [0.25, 0.3) is 0 Å². The summed E-state index contributed by atoms with van der Waals surface area (Å²) in [5.41, 5.74) is 0.550. The standard InChI is InChI=1S/C19H29N3O3S/c1-16-8-12-21(13-9-16)26(24,25)22-14-10-19(11-15-22,20-17(2)23)18-6-4-3-5-7-18/h3-7,16H,8-15H2,1-2H3,(H,20,23). The first-order chi connectivity index (χ1) is 12.3. The number of piperidine rings is 2. The highest BCUT2D eigenvalue weighted by molar-refractivity contribution is 7.86. The lowest BCUT2D eigenvalue weighted by molar-refractivity contribution is -0.121. The molecule has 1 amide bonds. The average molecular weight is 380 g/mol. The number of amides is 1. The lowest BCUT2D eigenvalue weighted by atomic mass is 9.81. The van der Waals surface area contributed by atoms with Gasteiger partial charge in [0.05, 0.1) is 5.54 Å². The maximum atomic E-state index is 13.0. The van der Waals surface area contributed by atoms with Crippen molar-refractivity contribution in [1.29, 1.82) is 0 Å². The molecule has 2 aliphatic heterocycles. The van der Waals surface area contributed by atoms with Crippen LogP contribution < -0.4 is 5.32 Å². The molecule has 3 rings (SSSR count). The van der Waals surface area contributed by atoms with E-state index in [9.17, 15) is 13.2 Å². The van der Waals surface area contributed by atoms with Crippen LogP contribution in [0.15, 0.2) is 30.3 Å². The fourth-order valence-electron chi connectivity index (χ4n) is 4.06. The van der Waals surface area contributed by atoms with E-state index in [1.807, 2.05) is 30.3 Å². The predicted octanol–water partition coefficient (Wildman–Crippen LogP) is 2.09. The Morgan fingerprint density at radius 1 is 1.04 bits per heavy atom. The minimum Gasteiger partial charge on any atom is -0.347 e. The number of rotatable bonds is 4. The molecule has 0 spiro atoms. The lowest BCUT2D eigenvalue weighted by Gasteiger charge is -2.43. The maximum Gasteiger partial charge on any atom is 0.281 e. The van der Waals surface area contributed by atoms with Gasteiger partial charge in [-0.15, -0.1) is 0 Å². The molecule has 1 aromatic rings. The molecule has 1 aromatic carbocycles. The van der Waals surface area contributed by atoms with E-state index >= 15 is 0 Å². The van der Waals surface area contributed by atoms with Crippen molar-refractivity contribution in [2.24, 2.45) is 5.92 Å². The summed E-state index contributed by atoms with van der Waals surface area (Å²) in [6.45, 7) is 5.74. The van der Waals surface area contributed by atoms with Gasteiger partial charge in [-0.25, -0.2) is 0 Å². The summed E-state index contributed by atoms with van der Waals surface area (Å²) in [6, 6.07) is 9.87. The van der Waals surface area contributed by atoms with Gasteiger partial charge >= 0.3 is 0 Å². The maximum absolute atomic E-state index is 13.0. The topological polar surface area (TPSA) is 69.7 Å². The van der Waals surface area contributed by atoms with Crippen LogP contribution in [0.3, 0.4) is 0 Å². The molecule has 2 heterocycles. The Hall–Kier alpha value is -1.44. The van der Waals surface area contributed by atoms with Crippen LogP contribution in [0.5, 0.6) is 0 Å². The van der Waals surface area contributed by atoms with Crippen LogP contribution in [0.1, 0.15) is 45.1 Å². The van der Waals surface area contributed by atoms with E-state index < -0.39 is 15.7 Å². The fraction of sp³-hybridized carbons (Fsp3) is 0.632. The third-order valence-electron chi connectivity index (χ3n) is 5.71. The van der Waals surface area contributed by atoms with Crippen LogP contribution in [-0.2, 0) is 20.5 Å². The molecule has 0 aliphatic carbocycles. The lowest BCUT2D eigenvalue weighted by Crippen LogP contribution is -2.56. The molecule has 0 unspecified atom stereocenters. The van der Waals surface area contributed by atoms with Gasteiger partial charge in [-0.3, -0.25) is 4.79 Å². The van der Waals surface area contributed by atoms with E-state index in [2.05, 4.69) is 12.2 Å². The molecular weight excluding hydrogens is 350 g/mol. The van der Waals surface area contributed by atoms with Crippen LogP contribution in [0.4, 0.5) is 0 Å².